The first kappa shape index (κ1) is 12.5. The van der Waals surface area contributed by atoms with Crippen LogP contribution in [-0.4, -0.2) is 18.0 Å². The summed E-state index contributed by atoms with van der Waals surface area (Å²) in [5.74, 6) is 1.53. The molecular weight excluding hydrogens is 234 g/mol. The number of aryl methyl sites for hydroxylation is 1. The molecule has 1 aliphatic carbocycles. The number of guanidine groups is 1. The van der Waals surface area contributed by atoms with Crippen LogP contribution in [0.5, 0.6) is 0 Å². The summed E-state index contributed by atoms with van der Waals surface area (Å²) in [6.45, 7) is 5.31. The van der Waals surface area contributed by atoms with E-state index in [-0.39, 0.29) is 5.54 Å². The normalized spacial score (nSPS) is 30.1. The van der Waals surface area contributed by atoms with Crippen LogP contribution in [0.25, 0.3) is 0 Å². The third-order valence-corrected chi connectivity index (χ3v) is 4.86. The molecule has 102 valence electrons. The first-order chi connectivity index (χ1) is 9.16. The summed E-state index contributed by atoms with van der Waals surface area (Å²) in [5.41, 5.74) is 8.86. The lowest BCUT2D eigenvalue weighted by Gasteiger charge is -2.37. The Morgan fingerprint density at radius 3 is 2.89 bits per heavy atom. The number of nitrogens with zero attached hydrogens (tertiary/aromatic N) is 2. The fourth-order valence-electron chi connectivity index (χ4n) is 3.72. The van der Waals surface area contributed by atoms with Crippen molar-refractivity contribution in [3.05, 3.63) is 29.8 Å². The lowest BCUT2D eigenvalue weighted by Crippen LogP contribution is -2.50. The molecule has 1 aromatic carbocycles. The van der Waals surface area contributed by atoms with Gasteiger partial charge in [0, 0.05) is 5.69 Å². The second-order valence-corrected chi connectivity index (χ2v) is 6.04. The molecule has 3 heteroatoms. The van der Waals surface area contributed by atoms with Gasteiger partial charge in [0.25, 0.3) is 0 Å². The zero-order valence-electron chi connectivity index (χ0n) is 11.9. The quantitative estimate of drug-likeness (QED) is 0.884. The zero-order valence-corrected chi connectivity index (χ0v) is 11.9. The third-order valence-electron chi connectivity index (χ3n) is 4.86. The first-order valence-electron chi connectivity index (χ1n) is 7.32. The van der Waals surface area contributed by atoms with E-state index in [9.17, 15) is 0 Å². The molecule has 0 bridgehead atoms. The molecule has 2 atom stereocenters. The molecule has 3 nitrogen and oxygen atoms in total. The highest BCUT2D eigenvalue weighted by Gasteiger charge is 2.48. The van der Waals surface area contributed by atoms with Gasteiger partial charge in [-0.05, 0) is 43.7 Å². The van der Waals surface area contributed by atoms with E-state index in [2.05, 4.69) is 48.0 Å². The Balaban J connectivity index is 1.98. The van der Waals surface area contributed by atoms with Crippen LogP contribution in [0.1, 0.15) is 38.2 Å². The van der Waals surface area contributed by atoms with Crippen molar-refractivity contribution in [3.63, 3.8) is 0 Å². The Labute approximate surface area is 115 Å². The van der Waals surface area contributed by atoms with E-state index < -0.39 is 0 Å². The van der Waals surface area contributed by atoms with Crippen molar-refractivity contribution in [2.24, 2.45) is 16.6 Å². The Kier molecular flexibility index (Phi) is 3.00. The molecule has 2 unspecified atom stereocenters. The second-order valence-electron chi connectivity index (χ2n) is 6.04. The van der Waals surface area contributed by atoms with Crippen LogP contribution in [0.15, 0.2) is 29.3 Å². The molecule has 1 heterocycles. The Hall–Kier alpha value is -1.51. The van der Waals surface area contributed by atoms with Crippen molar-refractivity contribution < 1.29 is 0 Å². The molecule has 0 saturated heterocycles. The minimum absolute atomic E-state index is 0.150. The minimum Gasteiger partial charge on any atom is -0.369 e. The highest BCUT2D eigenvalue weighted by molar-refractivity contribution is 5.99. The van der Waals surface area contributed by atoms with E-state index in [0.717, 1.165) is 12.5 Å². The molecule has 0 aromatic heterocycles. The maximum atomic E-state index is 6.20. The maximum absolute atomic E-state index is 6.20. The van der Waals surface area contributed by atoms with Gasteiger partial charge in [-0.25, -0.2) is 0 Å². The number of para-hydroxylation sites is 1. The number of anilines is 1. The van der Waals surface area contributed by atoms with Gasteiger partial charge in [0.15, 0.2) is 5.96 Å². The highest BCUT2D eigenvalue weighted by Crippen LogP contribution is 2.45. The molecule has 0 radical (unpaired) electrons. The summed E-state index contributed by atoms with van der Waals surface area (Å²) in [7, 11) is 0. The van der Waals surface area contributed by atoms with Gasteiger partial charge in [-0.2, -0.15) is 0 Å². The van der Waals surface area contributed by atoms with Crippen molar-refractivity contribution in [2.45, 2.75) is 45.1 Å². The average molecular weight is 257 g/mol. The van der Waals surface area contributed by atoms with Crippen molar-refractivity contribution in [1.82, 2.24) is 0 Å². The number of benzene rings is 1. The van der Waals surface area contributed by atoms with Gasteiger partial charge in [-0.3, -0.25) is 4.99 Å². The largest absolute Gasteiger partial charge is 0.369 e. The lowest BCUT2D eigenvalue weighted by molar-refractivity contribution is 0.434. The van der Waals surface area contributed by atoms with Crippen LogP contribution in [0.2, 0.25) is 0 Å². The summed E-state index contributed by atoms with van der Waals surface area (Å²) in [4.78, 5) is 6.88. The predicted molar refractivity (Wildman–Crippen MR) is 80.5 cm³/mol. The molecule has 1 spiro atoms. The molecule has 1 fully saturated rings. The number of hydrogen-bond acceptors (Lipinski definition) is 3. The summed E-state index contributed by atoms with van der Waals surface area (Å²) < 4.78 is 0. The van der Waals surface area contributed by atoms with Gasteiger partial charge in [0.1, 0.15) is 0 Å². The molecule has 19 heavy (non-hydrogen) atoms. The number of aliphatic imine (C=N–C) groups is 1. The van der Waals surface area contributed by atoms with Gasteiger partial charge in [-0.15, -0.1) is 0 Å². The van der Waals surface area contributed by atoms with Gasteiger partial charge < -0.3 is 10.6 Å². The van der Waals surface area contributed by atoms with Gasteiger partial charge in [-0.1, -0.05) is 31.5 Å². The Morgan fingerprint density at radius 1 is 1.42 bits per heavy atom. The zero-order chi connectivity index (χ0) is 13.5. The van der Waals surface area contributed by atoms with Crippen LogP contribution >= 0.6 is 0 Å². The third kappa shape index (κ3) is 1.92. The number of rotatable bonds is 2. The summed E-state index contributed by atoms with van der Waals surface area (Å²) in [6, 6.07) is 8.50. The fraction of sp³-hybridized carbons (Fsp3) is 0.562. The monoisotopic (exact) mass is 257 g/mol. The SMILES string of the molecule is CCC1CCC2(CN=C(N)N2c2ccccc2C)C1. The molecule has 0 amide bonds. The van der Waals surface area contributed by atoms with Crippen LogP contribution in [-0.2, 0) is 0 Å². The van der Waals surface area contributed by atoms with Crippen LogP contribution in [0.3, 0.4) is 0 Å². The van der Waals surface area contributed by atoms with Crippen molar-refractivity contribution in [1.29, 1.82) is 0 Å². The van der Waals surface area contributed by atoms with Gasteiger partial charge >= 0.3 is 0 Å². The second kappa shape index (κ2) is 4.55. The molecule has 3 rings (SSSR count). The van der Waals surface area contributed by atoms with Crippen LogP contribution < -0.4 is 10.6 Å². The lowest BCUT2D eigenvalue weighted by atomic mass is 9.93. The molecule has 1 saturated carbocycles. The minimum atomic E-state index is 0.150. The predicted octanol–water partition coefficient (Wildman–Crippen LogP) is 3.08. The molecule has 1 aliphatic heterocycles. The molecule has 2 N–H and O–H groups in total. The summed E-state index contributed by atoms with van der Waals surface area (Å²) in [6.07, 6.45) is 5.01. The van der Waals surface area contributed by atoms with E-state index in [1.165, 1.54) is 36.9 Å². The Bertz CT molecular complexity index is 508. The standard InChI is InChI=1S/C16H23N3/c1-3-13-8-9-16(10-13)11-18-15(17)19(16)14-7-5-4-6-12(14)2/h4-7,13H,3,8-11H2,1-2H3,(H2,17,18). The topological polar surface area (TPSA) is 41.6 Å². The maximum Gasteiger partial charge on any atom is 0.196 e. The van der Waals surface area contributed by atoms with Crippen LogP contribution in [0, 0.1) is 12.8 Å². The van der Waals surface area contributed by atoms with Crippen molar-refractivity contribution >= 4 is 11.6 Å². The van der Waals surface area contributed by atoms with Crippen molar-refractivity contribution in [2.75, 3.05) is 11.4 Å². The Morgan fingerprint density at radius 2 is 2.21 bits per heavy atom. The van der Waals surface area contributed by atoms with Crippen molar-refractivity contribution in [3.8, 4) is 0 Å². The van der Waals surface area contributed by atoms with Gasteiger partial charge in [0.2, 0.25) is 0 Å². The first-order valence-corrected chi connectivity index (χ1v) is 7.32. The van der Waals surface area contributed by atoms with E-state index >= 15 is 0 Å². The van der Waals surface area contributed by atoms with Gasteiger partial charge in [0.05, 0.1) is 12.1 Å². The molecule has 1 aromatic rings. The average Bonchev–Trinajstić information content (AvgIpc) is 2.97. The smallest absolute Gasteiger partial charge is 0.196 e. The number of hydrogen-bond donors (Lipinski definition) is 1. The van der Waals surface area contributed by atoms with E-state index in [1.807, 2.05) is 0 Å². The van der Waals surface area contributed by atoms with E-state index in [1.54, 1.807) is 0 Å². The molecular formula is C16H23N3. The summed E-state index contributed by atoms with van der Waals surface area (Å²) in [5, 5.41) is 0. The summed E-state index contributed by atoms with van der Waals surface area (Å²) >= 11 is 0. The highest BCUT2D eigenvalue weighted by atomic mass is 15.4. The van der Waals surface area contributed by atoms with E-state index in [4.69, 9.17) is 5.73 Å². The number of nitrogens with two attached hydrogens (primary N) is 1. The van der Waals surface area contributed by atoms with Crippen LogP contribution in [0.4, 0.5) is 5.69 Å². The van der Waals surface area contributed by atoms with E-state index in [0.29, 0.717) is 5.96 Å². The molecule has 2 aliphatic rings. The fourth-order valence-corrected chi connectivity index (χ4v) is 3.72.